The minimum Gasteiger partial charge on any atom is -0.244 e. The van der Waals surface area contributed by atoms with Crippen LogP contribution in [-0.4, -0.2) is 23.6 Å². The standard InChI is InChI=1S/C4H6N2O2S/c1-9(7,8)6-3-2-5-4-6/h2-4H,1H3. The van der Waals surface area contributed by atoms with Gasteiger partial charge < -0.3 is 0 Å². The monoisotopic (exact) mass is 146 g/mol. The predicted octanol–water partition coefficient (Wildman–Crippen LogP) is -0.309. The van der Waals surface area contributed by atoms with Gasteiger partial charge in [-0.15, -0.1) is 0 Å². The number of hydrogen-bond donors (Lipinski definition) is 0. The van der Waals surface area contributed by atoms with Gasteiger partial charge in [0.1, 0.15) is 6.33 Å². The highest BCUT2D eigenvalue weighted by atomic mass is 32.2. The summed E-state index contributed by atoms with van der Waals surface area (Å²) in [4.78, 5) is 3.57. The van der Waals surface area contributed by atoms with Crippen molar-refractivity contribution < 1.29 is 8.42 Å². The van der Waals surface area contributed by atoms with Gasteiger partial charge in [-0.3, -0.25) is 0 Å². The Balaban J connectivity index is 3.20. The van der Waals surface area contributed by atoms with Crippen molar-refractivity contribution in [2.24, 2.45) is 0 Å². The van der Waals surface area contributed by atoms with E-state index >= 15 is 0 Å². The zero-order valence-electron chi connectivity index (χ0n) is 4.85. The summed E-state index contributed by atoms with van der Waals surface area (Å²) in [5.41, 5.74) is 0. The Morgan fingerprint density at radius 1 is 1.56 bits per heavy atom. The number of rotatable bonds is 1. The summed E-state index contributed by atoms with van der Waals surface area (Å²) in [5.74, 6) is 0. The van der Waals surface area contributed by atoms with Crippen LogP contribution in [0.5, 0.6) is 0 Å². The van der Waals surface area contributed by atoms with Gasteiger partial charge in [0.2, 0.25) is 10.0 Å². The number of aromatic nitrogens is 2. The van der Waals surface area contributed by atoms with E-state index < -0.39 is 10.0 Å². The van der Waals surface area contributed by atoms with Gasteiger partial charge in [0.05, 0.1) is 6.26 Å². The Hall–Kier alpha value is -0.840. The van der Waals surface area contributed by atoms with Crippen LogP contribution < -0.4 is 0 Å². The third kappa shape index (κ3) is 1.29. The molecule has 0 amide bonds. The number of imidazole rings is 1. The molecule has 0 aliphatic rings. The van der Waals surface area contributed by atoms with Crippen LogP contribution in [0.4, 0.5) is 0 Å². The van der Waals surface area contributed by atoms with E-state index in [1.54, 1.807) is 0 Å². The second-order valence-electron chi connectivity index (χ2n) is 1.66. The molecule has 5 heteroatoms. The van der Waals surface area contributed by atoms with Gasteiger partial charge in [-0.2, -0.15) is 0 Å². The number of nitrogens with zero attached hydrogens (tertiary/aromatic N) is 2. The van der Waals surface area contributed by atoms with E-state index in [1.165, 1.54) is 18.7 Å². The molecule has 0 N–H and O–H groups in total. The molecule has 0 aliphatic carbocycles. The van der Waals surface area contributed by atoms with E-state index in [2.05, 4.69) is 4.98 Å². The normalized spacial score (nSPS) is 11.7. The van der Waals surface area contributed by atoms with Crippen LogP contribution in [0.25, 0.3) is 0 Å². The van der Waals surface area contributed by atoms with Crippen LogP contribution in [-0.2, 0) is 10.0 Å². The molecule has 0 aromatic carbocycles. The maximum atomic E-state index is 10.6. The van der Waals surface area contributed by atoms with Gasteiger partial charge in [0.25, 0.3) is 0 Å². The average Bonchev–Trinajstić information content (AvgIpc) is 2.08. The molecule has 0 atom stereocenters. The Bertz CT molecular complexity index is 274. The maximum absolute atomic E-state index is 10.6. The van der Waals surface area contributed by atoms with Crippen LogP contribution in [0.3, 0.4) is 0 Å². The van der Waals surface area contributed by atoms with Gasteiger partial charge in [0, 0.05) is 12.4 Å². The third-order valence-electron chi connectivity index (χ3n) is 0.863. The highest BCUT2D eigenvalue weighted by Gasteiger charge is 2.00. The lowest BCUT2D eigenvalue weighted by Gasteiger charge is -1.92. The molecule has 9 heavy (non-hydrogen) atoms. The van der Waals surface area contributed by atoms with Crippen molar-refractivity contribution in [3.63, 3.8) is 0 Å². The molecule has 0 fully saturated rings. The van der Waals surface area contributed by atoms with Crippen molar-refractivity contribution in [3.05, 3.63) is 18.7 Å². The molecule has 0 saturated carbocycles. The van der Waals surface area contributed by atoms with Crippen LogP contribution in [0.1, 0.15) is 0 Å². The fourth-order valence-corrected chi connectivity index (χ4v) is 0.944. The Morgan fingerprint density at radius 2 is 2.22 bits per heavy atom. The molecule has 4 nitrogen and oxygen atoms in total. The van der Waals surface area contributed by atoms with Crippen molar-refractivity contribution in [2.45, 2.75) is 0 Å². The first-order chi connectivity index (χ1) is 4.11. The molecule has 50 valence electrons. The van der Waals surface area contributed by atoms with Crippen molar-refractivity contribution >= 4 is 10.0 Å². The van der Waals surface area contributed by atoms with Crippen LogP contribution >= 0.6 is 0 Å². The van der Waals surface area contributed by atoms with E-state index in [0.717, 1.165) is 10.2 Å². The molecule has 1 rings (SSSR count). The number of hydrogen-bond acceptors (Lipinski definition) is 3. The Morgan fingerprint density at radius 3 is 2.44 bits per heavy atom. The quantitative estimate of drug-likeness (QED) is 0.546. The van der Waals surface area contributed by atoms with Gasteiger partial charge in [-0.05, 0) is 0 Å². The second kappa shape index (κ2) is 1.84. The van der Waals surface area contributed by atoms with Crippen LogP contribution in [0.2, 0.25) is 0 Å². The Labute approximate surface area is 53.2 Å². The van der Waals surface area contributed by atoms with Gasteiger partial charge in [-0.25, -0.2) is 17.4 Å². The van der Waals surface area contributed by atoms with E-state index in [0.29, 0.717) is 0 Å². The molecule has 0 radical (unpaired) electrons. The highest BCUT2D eigenvalue weighted by Crippen LogP contribution is 1.89. The van der Waals surface area contributed by atoms with E-state index in [9.17, 15) is 8.42 Å². The van der Waals surface area contributed by atoms with Crippen LogP contribution in [0.15, 0.2) is 18.7 Å². The second-order valence-corrected chi connectivity index (χ2v) is 3.54. The summed E-state index contributed by atoms with van der Waals surface area (Å²) in [5, 5.41) is 0. The van der Waals surface area contributed by atoms with Crippen LogP contribution in [0, 0.1) is 0 Å². The van der Waals surface area contributed by atoms with Gasteiger partial charge >= 0.3 is 0 Å². The lowest BCUT2D eigenvalue weighted by atomic mass is 11.0. The zero-order chi connectivity index (χ0) is 6.91. The SMILES string of the molecule is CS(=O)(=O)n1ccnc1. The molecule has 0 aliphatic heterocycles. The fourth-order valence-electron chi connectivity index (χ4n) is 0.443. The topological polar surface area (TPSA) is 52.0 Å². The average molecular weight is 146 g/mol. The van der Waals surface area contributed by atoms with E-state index in [1.807, 2.05) is 0 Å². The first-order valence-electron chi connectivity index (χ1n) is 2.29. The van der Waals surface area contributed by atoms with E-state index in [4.69, 9.17) is 0 Å². The maximum Gasteiger partial charge on any atom is 0.236 e. The summed E-state index contributed by atoms with van der Waals surface area (Å²) in [6.07, 6.45) is 5.17. The Kier molecular flexibility index (Phi) is 1.28. The summed E-state index contributed by atoms with van der Waals surface area (Å²) < 4.78 is 22.3. The third-order valence-corrected chi connectivity index (χ3v) is 1.84. The lowest BCUT2D eigenvalue weighted by molar-refractivity contribution is 0.593. The first-order valence-corrected chi connectivity index (χ1v) is 4.14. The summed E-state index contributed by atoms with van der Waals surface area (Å²) >= 11 is 0. The largest absolute Gasteiger partial charge is 0.244 e. The van der Waals surface area contributed by atoms with Crippen molar-refractivity contribution in [1.82, 2.24) is 8.96 Å². The molecule has 1 aromatic rings. The molecule has 0 bridgehead atoms. The summed E-state index contributed by atoms with van der Waals surface area (Å²) in [6.45, 7) is 0. The van der Waals surface area contributed by atoms with Gasteiger partial charge in [0.15, 0.2) is 0 Å². The summed E-state index contributed by atoms with van der Waals surface area (Å²) in [6, 6.07) is 0. The minimum absolute atomic E-state index is 1.05. The van der Waals surface area contributed by atoms with Crippen molar-refractivity contribution in [2.75, 3.05) is 6.26 Å². The molecular formula is C4H6N2O2S. The van der Waals surface area contributed by atoms with Crippen molar-refractivity contribution in [1.29, 1.82) is 0 Å². The van der Waals surface area contributed by atoms with Gasteiger partial charge in [-0.1, -0.05) is 0 Å². The molecule has 0 unspecified atom stereocenters. The lowest BCUT2D eigenvalue weighted by Crippen LogP contribution is -2.06. The first kappa shape index (κ1) is 6.28. The zero-order valence-corrected chi connectivity index (χ0v) is 5.67. The molecule has 0 spiro atoms. The fraction of sp³-hybridized carbons (Fsp3) is 0.250. The minimum atomic E-state index is -3.11. The van der Waals surface area contributed by atoms with Crippen molar-refractivity contribution in [3.8, 4) is 0 Å². The smallest absolute Gasteiger partial charge is 0.236 e. The summed E-state index contributed by atoms with van der Waals surface area (Å²) in [7, 11) is -3.11. The predicted molar refractivity (Wildman–Crippen MR) is 32.5 cm³/mol. The highest BCUT2D eigenvalue weighted by molar-refractivity contribution is 7.89. The molecule has 1 aromatic heterocycles. The molecule has 0 saturated heterocycles. The molecule has 1 heterocycles. The molecular weight excluding hydrogens is 140 g/mol. The van der Waals surface area contributed by atoms with E-state index in [-0.39, 0.29) is 0 Å².